The van der Waals surface area contributed by atoms with E-state index in [-0.39, 0.29) is 34.9 Å². The number of hydrogen-bond acceptors (Lipinski definition) is 5. The van der Waals surface area contributed by atoms with E-state index in [1.54, 1.807) is 14.0 Å². The number of ether oxygens (including phenoxy) is 2. The van der Waals surface area contributed by atoms with Gasteiger partial charge in [-0.25, -0.2) is 0 Å². The van der Waals surface area contributed by atoms with Crippen molar-refractivity contribution < 1.29 is 24.2 Å². The zero-order valence-corrected chi connectivity index (χ0v) is 23.3. The van der Waals surface area contributed by atoms with Crippen LogP contribution in [0.1, 0.15) is 79.6 Å². The van der Waals surface area contributed by atoms with E-state index in [2.05, 4.69) is 45.9 Å². The maximum atomic E-state index is 13.6. The largest absolute Gasteiger partial charge is 0.392 e. The second-order valence-electron chi connectivity index (χ2n) is 12.8. The Morgan fingerprint density at radius 1 is 1.22 bits per heavy atom. The molecular weight excluding hydrogens is 452 g/mol. The summed E-state index contributed by atoms with van der Waals surface area (Å²) in [4.78, 5) is 25.7. The average molecular weight is 501 g/mol. The van der Waals surface area contributed by atoms with Crippen molar-refractivity contribution in [1.29, 1.82) is 0 Å². The Morgan fingerprint density at radius 2 is 1.97 bits per heavy atom. The van der Waals surface area contributed by atoms with Crippen molar-refractivity contribution in [3.05, 3.63) is 23.8 Å². The smallest absolute Gasteiger partial charge is 0.146 e. The molecule has 1 N–H and O–H groups in total. The summed E-state index contributed by atoms with van der Waals surface area (Å²) in [5.74, 6) is 2.56. The average Bonchev–Trinajstić information content (AvgIpc) is 3.24. The highest BCUT2D eigenvalue weighted by Crippen LogP contribution is 2.67. The van der Waals surface area contributed by atoms with E-state index in [1.807, 2.05) is 0 Å². The molecule has 3 fully saturated rings. The molecule has 3 saturated carbocycles. The summed E-state index contributed by atoms with van der Waals surface area (Å²) in [6.07, 6.45) is 12.0. The predicted molar refractivity (Wildman–Crippen MR) is 141 cm³/mol. The molecule has 0 aromatic heterocycles. The number of methoxy groups -OCH3 is 1. The first-order valence-corrected chi connectivity index (χ1v) is 14.2. The number of aliphatic hydroxyl groups excluding tert-OH is 1. The van der Waals surface area contributed by atoms with Crippen LogP contribution in [0.2, 0.25) is 0 Å². The molecule has 0 aromatic rings. The van der Waals surface area contributed by atoms with Gasteiger partial charge in [0.15, 0.2) is 0 Å². The summed E-state index contributed by atoms with van der Waals surface area (Å²) < 4.78 is 10.7. The monoisotopic (exact) mass is 500 g/mol. The molecule has 0 aromatic carbocycles. The van der Waals surface area contributed by atoms with Gasteiger partial charge in [0.05, 0.1) is 18.1 Å². The van der Waals surface area contributed by atoms with Crippen molar-refractivity contribution in [2.75, 3.05) is 20.5 Å². The fraction of sp³-hybridized carbons (Fsp3) is 0.806. The van der Waals surface area contributed by atoms with Gasteiger partial charge in [-0.3, -0.25) is 9.59 Å². The molecule has 36 heavy (non-hydrogen) atoms. The SMILES string of the molecule is COCOC[C@H](/C=C/[C@@H](C)[C@H]1CCC2C3CC=C4CC(=O)CC[C@]4(C)C3C[C@H](O)[C@@]21C(C)=O)C(C)C. The molecule has 3 unspecified atom stereocenters. The molecule has 0 amide bonds. The van der Waals surface area contributed by atoms with E-state index in [0.717, 1.165) is 25.7 Å². The molecular formula is C31H48O5. The molecule has 0 saturated heterocycles. The van der Waals surface area contributed by atoms with Gasteiger partial charge >= 0.3 is 0 Å². The molecule has 9 atom stereocenters. The Kier molecular flexibility index (Phi) is 8.34. The number of carbonyl (C=O) groups is 2. The van der Waals surface area contributed by atoms with E-state index in [4.69, 9.17) is 9.47 Å². The number of ketones is 2. The van der Waals surface area contributed by atoms with E-state index >= 15 is 0 Å². The Labute approximate surface area is 218 Å². The summed E-state index contributed by atoms with van der Waals surface area (Å²) in [6, 6.07) is 0. The number of rotatable bonds is 9. The van der Waals surface area contributed by atoms with Crippen molar-refractivity contribution in [2.24, 2.45) is 52.3 Å². The minimum atomic E-state index is -0.670. The lowest BCUT2D eigenvalue weighted by Gasteiger charge is -2.59. The lowest BCUT2D eigenvalue weighted by Crippen LogP contribution is -2.60. The Hall–Kier alpha value is -1.30. The van der Waals surface area contributed by atoms with Gasteiger partial charge in [0.25, 0.3) is 0 Å². The fourth-order valence-corrected chi connectivity index (χ4v) is 8.84. The maximum absolute atomic E-state index is 13.6. The number of aliphatic hydroxyl groups is 1. The normalized spacial score (nSPS) is 39.9. The lowest BCUT2D eigenvalue weighted by atomic mass is 9.45. The molecule has 0 bridgehead atoms. The lowest BCUT2D eigenvalue weighted by molar-refractivity contribution is -0.166. The first-order valence-electron chi connectivity index (χ1n) is 14.2. The third-order valence-corrected chi connectivity index (χ3v) is 10.9. The Morgan fingerprint density at radius 3 is 2.64 bits per heavy atom. The summed E-state index contributed by atoms with van der Waals surface area (Å²) in [5, 5.41) is 11.9. The van der Waals surface area contributed by atoms with E-state index in [0.29, 0.717) is 56.2 Å². The highest BCUT2D eigenvalue weighted by atomic mass is 16.7. The zero-order valence-electron chi connectivity index (χ0n) is 23.3. The van der Waals surface area contributed by atoms with Crippen molar-refractivity contribution in [3.8, 4) is 0 Å². The minimum absolute atomic E-state index is 0.0168. The molecule has 0 spiro atoms. The number of carbonyl (C=O) groups excluding carboxylic acids is 2. The van der Waals surface area contributed by atoms with Crippen LogP contribution < -0.4 is 0 Å². The van der Waals surface area contributed by atoms with Crippen molar-refractivity contribution in [1.82, 2.24) is 0 Å². The summed E-state index contributed by atoms with van der Waals surface area (Å²) >= 11 is 0. The molecule has 4 aliphatic rings. The predicted octanol–water partition coefficient (Wildman–Crippen LogP) is 5.76. The Balaban J connectivity index is 1.60. The van der Waals surface area contributed by atoms with Gasteiger partial charge in [0, 0.05) is 25.9 Å². The second kappa shape index (κ2) is 10.8. The van der Waals surface area contributed by atoms with Crippen molar-refractivity contribution in [2.45, 2.75) is 85.7 Å². The fourth-order valence-electron chi connectivity index (χ4n) is 8.84. The van der Waals surface area contributed by atoms with Crippen LogP contribution in [0.5, 0.6) is 0 Å². The minimum Gasteiger partial charge on any atom is -0.392 e. The van der Waals surface area contributed by atoms with Gasteiger partial charge < -0.3 is 14.6 Å². The van der Waals surface area contributed by atoms with Crippen LogP contribution in [0.15, 0.2) is 23.8 Å². The van der Waals surface area contributed by atoms with Gasteiger partial charge in [-0.2, -0.15) is 0 Å². The van der Waals surface area contributed by atoms with E-state index < -0.39 is 11.5 Å². The molecule has 0 radical (unpaired) electrons. The highest BCUT2D eigenvalue weighted by molar-refractivity contribution is 5.85. The molecule has 5 nitrogen and oxygen atoms in total. The van der Waals surface area contributed by atoms with Gasteiger partial charge in [0.1, 0.15) is 18.4 Å². The van der Waals surface area contributed by atoms with Crippen LogP contribution in [0.3, 0.4) is 0 Å². The van der Waals surface area contributed by atoms with Crippen LogP contribution in [0.25, 0.3) is 0 Å². The summed E-state index contributed by atoms with van der Waals surface area (Å²) in [5.41, 5.74) is 0.609. The van der Waals surface area contributed by atoms with Gasteiger partial charge in [-0.1, -0.05) is 51.5 Å². The molecule has 202 valence electrons. The summed E-state index contributed by atoms with van der Waals surface area (Å²) in [6.45, 7) is 11.6. The highest BCUT2D eigenvalue weighted by Gasteiger charge is 2.66. The Bertz CT molecular complexity index is 889. The van der Waals surface area contributed by atoms with Crippen LogP contribution in [-0.4, -0.2) is 43.3 Å². The van der Waals surface area contributed by atoms with Crippen molar-refractivity contribution in [3.63, 3.8) is 0 Å². The standard InChI is InChI=1S/C31H48O5/c1-19(2)22(17-36-18-35-6)8-7-20(3)26-11-12-27-25-10-9-23-15-24(33)13-14-30(23,5)28(25)16-29(34)31(26,27)21(4)32/h7-9,19-20,22,25-29,34H,10-18H2,1-6H3/b8-7+/t20-,22+,25?,26-,27?,28?,29+,30+,31-/m1/s1. The van der Waals surface area contributed by atoms with Crippen LogP contribution in [-0.2, 0) is 19.1 Å². The van der Waals surface area contributed by atoms with E-state index in [9.17, 15) is 14.7 Å². The molecule has 0 heterocycles. The molecule has 0 aliphatic heterocycles. The number of hydrogen-bond donors (Lipinski definition) is 1. The maximum Gasteiger partial charge on any atom is 0.146 e. The van der Waals surface area contributed by atoms with Gasteiger partial charge in [-0.15, -0.1) is 0 Å². The topological polar surface area (TPSA) is 72.8 Å². The number of allylic oxidation sites excluding steroid dienone is 3. The third-order valence-electron chi connectivity index (χ3n) is 10.9. The zero-order chi connectivity index (χ0) is 26.3. The van der Waals surface area contributed by atoms with Crippen LogP contribution >= 0.6 is 0 Å². The molecule has 4 rings (SSSR count). The number of fused-ring (bicyclic) bond motifs is 5. The third kappa shape index (κ3) is 4.58. The van der Waals surface area contributed by atoms with E-state index in [1.165, 1.54) is 5.57 Å². The second-order valence-corrected chi connectivity index (χ2v) is 12.8. The quantitative estimate of drug-likeness (QED) is 0.248. The molecule has 5 heteroatoms. The van der Waals surface area contributed by atoms with Crippen molar-refractivity contribution >= 4 is 11.6 Å². The summed E-state index contributed by atoms with van der Waals surface area (Å²) in [7, 11) is 1.64. The van der Waals surface area contributed by atoms with Gasteiger partial charge in [-0.05, 0) is 80.0 Å². The van der Waals surface area contributed by atoms with Crippen LogP contribution in [0, 0.1) is 52.3 Å². The van der Waals surface area contributed by atoms with Crippen LogP contribution in [0.4, 0.5) is 0 Å². The first-order chi connectivity index (χ1) is 17.1. The number of Topliss-reactive ketones (excluding diaryl/α,β-unsaturated/α-hetero) is 2. The first kappa shape index (κ1) is 27.7. The van der Waals surface area contributed by atoms with Gasteiger partial charge in [0.2, 0.25) is 0 Å². The molecule has 4 aliphatic carbocycles.